The smallest absolute Gasteiger partial charge is 0.410 e. The molecule has 0 N–H and O–H groups in total. The van der Waals surface area contributed by atoms with Gasteiger partial charge < -0.3 is 19.1 Å². The minimum Gasteiger partial charge on any atom is -0.460 e. The number of carbonyl (C=O) groups excluding carboxylic acids is 2. The van der Waals surface area contributed by atoms with E-state index in [9.17, 15) is 9.59 Å². The Hall–Kier alpha value is -2.08. The maximum absolute atomic E-state index is 12.5. The van der Waals surface area contributed by atoms with Crippen LogP contribution in [0.5, 0.6) is 0 Å². The summed E-state index contributed by atoms with van der Waals surface area (Å²) in [5.74, 6) is -0.294. The number of hydrogen-bond donors (Lipinski definition) is 0. The van der Waals surface area contributed by atoms with Crippen LogP contribution in [0.25, 0.3) is 0 Å². The predicted octanol–water partition coefficient (Wildman–Crippen LogP) is 4.03. The van der Waals surface area contributed by atoms with Gasteiger partial charge in [-0.2, -0.15) is 0 Å². The van der Waals surface area contributed by atoms with Crippen molar-refractivity contribution >= 4 is 12.1 Å². The van der Waals surface area contributed by atoms with Gasteiger partial charge in [0, 0.05) is 14.2 Å². The van der Waals surface area contributed by atoms with E-state index >= 15 is 0 Å². The third kappa shape index (κ3) is 7.99. The topological polar surface area (TPSA) is 65.1 Å². The Bertz CT molecular complexity index is 594. The SMILES string of the molecule is COC(CC(=O)OC(C)(C)C)C(C(C)C)N(C)C(=O)OCc1ccccc1. The van der Waals surface area contributed by atoms with E-state index in [4.69, 9.17) is 14.2 Å². The minimum absolute atomic E-state index is 0.0617. The highest BCUT2D eigenvalue weighted by Crippen LogP contribution is 2.21. The summed E-state index contributed by atoms with van der Waals surface area (Å²) >= 11 is 0. The Morgan fingerprint density at radius 1 is 1.11 bits per heavy atom. The fourth-order valence-electron chi connectivity index (χ4n) is 2.96. The Kier molecular flexibility index (Phi) is 8.76. The fourth-order valence-corrected chi connectivity index (χ4v) is 2.96. The first kappa shape index (κ1) is 23.0. The second kappa shape index (κ2) is 10.3. The lowest BCUT2D eigenvalue weighted by atomic mass is 9.95. The van der Waals surface area contributed by atoms with E-state index in [0.29, 0.717) is 0 Å². The van der Waals surface area contributed by atoms with E-state index in [-0.39, 0.29) is 31.0 Å². The van der Waals surface area contributed by atoms with E-state index in [1.165, 1.54) is 12.0 Å². The largest absolute Gasteiger partial charge is 0.460 e. The fraction of sp³-hybridized carbons (Fsp3) is 0.619. The Morgan fingerprint density at radius 2 is 1.70 bits per heavy atom. The monoisotopic (exact) mass is 379 g/mol. The molecule has 0 aliphatic carbocycles. The molecule has 152 valence electrons. The number of carbonyl (C=O) groups is 2. The van der Waals surface area contributed by atoms with Crippen LogP contribution in [0.3, 0.4) is 0 Å². The van der Waals surface area contributed by atoms with Gasteiger partial charge in [-0.25, -0.2) is 4.79 Å². The summed E-state index contributed by atoms with van der Waals surface area (Å²) in [5, 5.41) is 0. The summed E-state index contributed by atoms with van der Waals surface area (Å²) in [7, 11) is 3.20. The van der Waals surface area contributed by atoms with Crippen molar-refractivity contribution in [2.45, 2.75) is 65.4 Å². The molecule has 0 saturated heterocycles. The van der Waals surface area contributed by atoms with Crippen molar-refractivity contribution in [1.82, 2.24) is 4.90 Å². The Labute approximate surface area is 162 Å². The molecule has 0 heterocycles. The van der Waals surface area contributed by atoms with Gasteiger partial charge in [0.15, 0.2) is 0 Å². The lowest BCUT2D eigenvalue weighted by molar-refractivity contribution is -0.159. The number of rotatable bonds is 8. The van der Waals surface area contributed by atoms with Gasteiger partial charge in [-0.1, -0.05) is 44.2 Å². The van der Waals surface area contributed by atoms with Crippen LogP contribution in [0.1, 0.15) is 46.6 Å². The quantitative estimate of drug-likeness (QED) is 0.638. The molecule has 0 saturated carbocycles. The van der Waals surface area contributed by atoms with Gasteiger partial charge in [0.25, 0.3) is 0 Å². The molecule has 2 unspecified atom stereocenters. The van der Waals surface area contributed by atoms with Crippen molar-refractivity contribution < 1.29 is 23.8 Å². The van der Waals surface area contributed by atoms with Gasteiger partial charge >= 0.3 is 12.1 Å². The molecule has 0 aliphatic rings. The number of ether oxygens (including phenoxy) is 3. The average molecular weight is 379 g/mol. The number of methoxy groups -OCH3 is 1. The molecule has 0 fully saturated rings. The molecule has 1 aromatic carbocycles. The number of benzene rings is 1. The first-order valence-corrected chi connectivity index (χ1v) is 9.23. The standard InChI is InChI=1S/C21H33NO5/c1-15(2)19(17(25-7)13-18(23)27-21(3,4)5)22(6)20(24)26-14-16-11-9-8-10-12-16/h8-12,15,17,19H,13-14H2,1-7H3. The van der Waals surface area contributed by atoms with Gasteiger partial charge in [0.05, 0.1) is 18.6 Å². The molecule has 2 atom stereocenters. The zero-order valence-corrected chi connectivity index (χ0v) is 17.5. The molecule has 1 rings (SSSR count). The summed E-state index contributed by atoms with van der Waals surface area (Å²) in [6.45, 7) is 9.61. The van der Waals surface area contributed by atoms with Gasteiger partial charge in [0.2, 0.25) is 0 Å². The number of likely N-dealkylation sites (N-methyl/N-ethyl adjacent to an activating group) is 1. The predicted molar refractivity (Wildman–Crippen MR) is 104 cm³/mol. The maximum Gasteiger partial charge on any atom is 0.410 e. The zero-order chi connectivity index (χ0) is 20.6. The summed E-state index contributed by atoms with van der Waals surface area (Å²) in [6.07, 6.45) is -0.884. The van der Waals surface area contributed by atoms with Gasteiger partial charge in [-0.3, -0.25) is 4.79 Å². The van der Waals surface area contributed by atoms with Crippen molar-refractivity contribution in [3.05, 3.63) is 35.9 Å². The molecule has 6 heteroatoms. The van der Waals surface area contributed by atoms with Crippen LogP contribution in [-0.2, 0) is 25.6 Å². The molecule has 0 aromatic heterocycles. The van der Waals surface area contributed by atoms with Gasteiger partial charge in [-0.15, -0.1) is 0 Å². The van der Waals surface area contributed by atoms with E-state index in [2.05, 4.69) is 0 Å². The summed E-state index contributed by atoms with van der Waals surface area (Å²) in [4.78, 5) is 26.3. The van der Waals surface area contributed by atoms with Crippen LogP contribution >= 0.6 is 0 Å². The molecule has 6 nitrogen and oxygen atoms in total. The number of amides is 1. The molecule has 0 spiro atoms. The summed E-state index contributed by atoms with van der Waals surface area (Å²) in [6, 6.07) is 9.16. The molecular weight excluding hydrogens is 346 g/mol. The summed E-state index contributed by atoms with van der Waals surface area (Å²) < 4.78 is 16.4. The third-order valence-electron chi connectivity index (χ3n) is 4.09. The normalized spacial score (nSPS) is 13.8. The van der Waals surface area contributed by atoms with Crippen LogP contribution in [0, 0.1) is 5.92 Å². The van der Waals surface area contributed by atoms with Crippen LogP contribution in [-0.4, -0.2) is 48.9 Å². The average Bonchev–Trinajstić information content (AvgIpc) is 2.57. The Balaban J connectivity index is 2.77. The third-order valence-corrected chi connectivity index (χ3v) is 4.09. The first-order chi connectivity index (χ1) is 12.5. The van der Waals surface area contributed by atoms with Crippen molar-refractivity contribution in [3.8, 4) is 0 Å². The highest BCUT2D eigenvalue weighted by atomic mass is 16.6. The lowest BCUT2D eigenvalue weighted by Gasteiger charge is -2.36. The van der Waals surface area contributed by atoms with Crippen molar-refractivity contribution in [3.63, 3.8) is 0 Å². The molecule has 1 aromatic rings. The minimum atomic E-state index is -0.566. The number of nitrogens with zero attached hydrogens (tertiary/aromatic N) is 1. The van der Waals surface area contributed by atoms with Crippen molar-refractivity contribution in [2.75, 3.05) is 14.2 Å². The highest BCUT2D eigenvalue weighted by molar-refractivity contribution is 5.71. The van der Waals surface area contributed by atoms with E-state index in [1.807, 2.05) is 65.0 Å². The highest BCUT2D eigenvalue weighted by Gasteiger charge is 2.34. The number of esters is 1. The first-order valence-electron chi connectivity index (χ1n) is 9.23. The van der Waals surface area contributed by atoms with Crippen molar-refractivity contribution in [2.24, 2.45) is 5.92 Å². The second-order valence-electron chi connectivity index (χ2n) is 7.95. The van der Waals surface area contributed by atoms with Crippen LogP contribution < -0.4 is 0 Å². The van der Waals surface area contributed by atoms with E-state index < -0.39 is 17.8 Å². The number of hydrogen-bond acceptors (Lipinski definition) is 5. The van der Waals surface area contributed by atoms with Crippen LogP contribution in [0.2, 0.25) is 0 Å². The molecule has 27 heavy (non-hydrogen) atoms. The molecular formula is C21H33NO5. The van der Waals surface area contributed by atoms with Crippen LogP contribution in [0.15, 0.2) is 30.3 Å². The van der Waals surface area contributed by atoms with Gasteiger partial charge in [-0.05, 0) is 32.3 Å². The molecule has 0 radical (unpaired) electrons. The van der Waals surface area contributed by atoms with E-state index in [1.54, 1.807) is 7.05 Å². The summed E-state index contributed by atoms with van der Waals surface area (Å²) in [5.41, 5.74) is 0.348. The second-order valence-corrected chi connectivity index (χ2v) is 7.95. The van der Waals surface area contributed by atoms with E-state index in [0.717, 1.165) is 5.56 Å². The molecule has 0 aliphatic heterocycles. The maximum atomic E-state index is 12.5. The van der Waals surface area contributed by atoms with Gasteiger partial charge in [0.1, 0.15) is 12.2 Å². The van der Waals surface area contributed by atoms with Crippen molar-refractivity contribution in [1.29, 1.82) is 0 Å². The van der Waals surface area contributed by atoms with Crippen LogP contribution in [0.4, 0.5) is 4.79 Å². The zero-order valence-electron chi connectivity index (χ0n) is 17.5. The molecule has 1 amide bonds. The lowest BCUT2D eigenvalue weighted by Crippen LogP contribution is -2.49. The Morgan fingerprint density at radius 3 is 2.19 bits per heavy atom. The molecule has 0 bridgehead atoms.